The van der Waals surface area contributed by atoms with Gasteiger partial charge in [-0.1, -0.05) is 18.2 Å². The van der Waals surface area contributed by atoms with Gasteiger partial charge in [-0.25, -0.2) is 17.2 Å². The van der Waals surface area contributed by atoms with Crippen molar-refractivity contribution in [2.24, 2.45) is 0 Å². The number of hydrogen-bond donors (Lipinski definition) is 2. The summed E-state index contributed by atoms with van der Waals surface area (Å²) >= 11 is 0. The molecule has 0 bridgehead atoms. The molecule has 1 fully saturated rings. The summed E-state index contributed by atoms with van der Waals surface area (Å²) in [7, 11) is -3.49. The molecular weight excluding hydrogens is 302 g/mol. The zero-order chi connectivity index (χ0) is 15.5. The molecule has 1 saturated heterocycles. The molecule has 1 aliphatic rings. The van der Waals surface area contributed by atoms with E-state index < -0.39 is 40.7 Å². The molecule has 116 valence electrons. The van der Waals surface area contributed by atoms with Crippen LogP contribution in [0.2, 0.25) is 0 Å². The summed E-state index contributed by atoms with van der Waals surface area (Å²) in [6.07, 6.45) is -0.565. The number of sulfone groups is 1. The van der Waals surface area contributed by atoms with Gasteiger partial charge in [0.05, 0.1) is 23.2 Å². The molecular formula is C13H16F2N2O3S. The first-order chi connectivity index (χ1) is 9.80. The first kappa shape index (κ1) is 15.8. The Balaban J connectivity index is 1.83. The average molecular weight is 318 g/mol. The number of rotatable bonds is 5. The Kier molecular flexibility index (Phi) is 4.58. The van der Waals surface area contributed by atoms with Gasteiger partial charge in [-0.15, -0.1) is 0 Å². The van der Waals surface area contributed by atoms with E-state index in [-0.39, 0.29) is 17.2 Å². The molecule has 0 spiro atoms. The van der Waals surface area contributed by atoms with Gasteiger partial charge in [-0.2, -0.15) is 0 Å². The van der Waals surface area contributed by atoms with Gasteiger partial charge in [0.2, 0.25) is 5.91 Å². The third kappa shape index (κ3) is 4.21. The minimum atomic E-state index is -3.49. The summed E-state index contributed by atoms with van der Waals surface area (Å²) in [5.74, 6) is -3.76. The zero-order valence-electron chi connectivity index (χ0n) is 11.2. The summed E-state index contributed by atoms with van der Waals surface area (Å²) in [4.78, 5) is 11.8. The molecule has 21 heavy (non-hydrogen) atoms. The van der Waals surface area contributed by atoms with E-state index in [9.17, 15) is 22.0 Å². The largest absolute Gasteiger partial charge is 0.354 e. The second-order valence-corrected chi connectivity index (χ2v) is 7.03. The second kappa shape index (κ2) is 6.07. The number of benzene rings is 1. The van der Waals surface area contributed by atoms with Crippen molar-refractivity contribution < 1.29 is 22.0 Å². The first-order valence-corrected chi connectivity index (χ1v) is 8.12. The van der Waals surface area contributed by atoms with Gasteiger partial charge in [-0.3, -0.25) is 10.1 Å². The highest BCUT2D eigenvalue weighted by molar-refractivity contribution is 7.91. The molecule has 1 unspecified atom stereocenters. The summed E-state index contributed by atoms with van der Waals surface area (Å²) in [5, 5.41) is 4.79. The van der Waals surface area contributed by atoms with Gasteiger partial charge in [0, 0.05) is 13.0 Å². The average Bonchev–Trinajstić information content (AvgIpc) is 2.80. The van der Waals surface area contributed by atoms with E-state index in [0.29, 0.717) is 0 Å². The molecule has 2 N–H and O–H groups in total. The van der Waals surface area contributed by atoms with Gasteiger partial charge >= 0.3 is 0 Å². The number of carbonyl (C=O) groups excluding carboxylic acids is 1. The number of amides is 1. The van der Waals surface area contributed by atoms with Crippen LogP contribution in [0.15, 0.2) is 35.2 Å². The molecule has 0 aromatic heterocycles. The third-order valence-electron chi connectivity index (χ3n) is 3.20. The summed E-state index contributed by atoms with van der Waals surface area (Å²) in [5.41, 5.74) is 0. The summed E-state index contributed by atoms with van der Waals surface area (Å²) in [6.45, 7) is -0.646. The molecule has 1 aliphatic heterocycles. The van der Waals surface area contributed by atoms with Crippen molar-refractivity contribution in [2.45, 2.75) is 23.3 Å². The molecule has 8 heteroatoms. The van der Waals surface area contributed by atoms with Crippen LogP contribution in [-0.2, 0) is 14.6 Å². The Morgan fingerprint density at radius 2 is 2.00 bits per heavy atom. The minimum Gasteiger partial charge on any atom is -0.354 e. The summed E-state index contributed by atoms with van der Waals surface area (Å²) in [6, 6.07) is 6.88. The first-order valence-electron chi connectivity index (χ1n) is 6.47. The molecule has 2 rings (SSSR count). The van der Waals surface area contributed by atoms with Gasteiger partial charge in [0.25, 0.3) is 5.92 Å². The Morgan fingerprint density at radius 1 is 1.33 bits per heavy atom. The molecule has 0 aliphatic carbocycles. The number of hydrogen-bond acceptors (Lipinski definition) is 4. The van der Waals surface area contributed by atoms with Gasteiger partial charge in [0.1, 0.15) is 0 Å². The van der Waals surface area contributed by atoms with Crippen LogP contribution in [0.5, 0.6) is 0 Å². The Morgan fingerprint density at radius 3 is 2.57 bits per heavy atom. The zero-order valence-corrected chi connectivity index (χ0v) is 12.0. The molecule has 1 aromatic rings. The van der Waals surface area contributed by atoms with E-state index >= 15 is 0 Å². The van der Waals surface area contributed by atoms with E-state index in [1.165, 1.54) is 12.1 Å². The molecule has 1 heterocycles. The van der Waals surface area contributed by atoms with Crippen LogP contribution in [0, 0.1) is 0 Å². The van der Waals surface area contributed by atoms with Crippen molar-refractivity contribution in [3.05, 3.63) is 30.3 Å². The standard InChI is InChI=1S/C13H16F2N2O3S/c14-13(15)8-11(17-9-13)12(18)16-6-7-21(19,20)10-4-2-1-3-5-10/h1-5,11,17H,6-9H2,(H,16,18). The maximum Gasteiger partial charge on any atom is 0.262 e. The fraction of sp³-hybridized carbons (Fsp3) is 0.462. The van der Waals surface area contributed by atoms with Crippen molar-refractivity contribution >= 4 is 15.7 Å². The lowest BCUT2D eigenvalue weighted by atomic mass is 10.2. The van der Waals surface area contributed by atoms with E-state index in [2.05, 4.69) is 10.6 Å². The SMILES string of the molecule is O=C(NCCS(=O)(=O)c1ccccc1)C1CC(F)(F)CN1. The molecule has 5 nitrogen and oxygen atoms in total. The van der Waals surface area contributed by atoms with Crippen LogP contribution < -0.4 is 10.6 Å². The van der Waals surface area contributed by atoms with Gasteiger partial charge in [-0.05, 0) is 12.1 Å². The normalized spacial score (nSPS) is 21.1. The van der Waals surface area contributed by atoms with E-state index in [0.717, 1.165) is 0 Å². The molecule has 0 radical (unpaired) electrons. The van der Waals surface area contributed by atoms with Crippen molar-refractivity contribution in [3.63, 3.8) is 0 Å². The van der Waals surface area contributed by atoms with Crippen molar-refractivity contribution in [2.75, 3.05) is 18.8 Å². The lowest BCUT2D eigenvalue weighted by Crippen LogP contribution is -2.42. The number of halogens is 2. The van der Waals surface area contributed by atoms with Crippen LogP contribution in [0.4, 0.5) is 8.78 Å². The third-order valence-corrected chi connectivity index (χ3v) is 4.93. The second-order valence-electron chi connectivity index (χ2n) is 4.92. The highest BCUT2D eigenvalue weighted by atomic mass is 32.2. The predicted molar refractivity (Wildman–Crippen MR) is 72.9 cm³/mol. The van der Waals surface area contributed by atoms with Crippen LogP contribution in [0.1, 0.15) is 6.42 Å². The monoisotopic (exact) mass is 318 g/mol. The van der Waals surface area contributed by atoms with E-state index in [4.69, 9.17) is 0 Å². The highest BCUT2D eigenvalue weighted by Gasteiger charge is 2.42. The molecule has 0 saturated carbocycles. The van der Waals surface area contributed by atoms with Crippen LogP contribution in [-0.4, -0.2) is 45.1 Å². The number of carbonyl (C=O) groups is 1. The Bertz CT molecular complexity index is 605. The fourth-order valence-corrected chi connectivity index (χ4v) is 3.26. The molecule has 1 amide bonds. The topological polar surface area (TPSA) is 75.3 Å². The smallest absolute Gasteiger partial charge is 0.262 e. The Labute approximate surface area is 121 Å². The lowest BCUT2D eigenvalue weighted by Gasteiger charge is -2.11. The maximum absolute atomic E-state index is 12.9. The minimum absolute atomic E-state index is 0.111. The predicted octanol–water partition coefficient (Wildman–Crippen LogP) is 0.574. The van der Waals surface area contributed by atoms with Crippen LogP contribution in [0.3, 0.4) is 0 Å². The Hall–Kier alpha value is -1.54. The number of alkyl halides is 2. The quantitative estimate of drug-likeness (QED) is 0.832. The van der Waals surface area contributed by atoms with Crippen molar-refractivity contribution in [1.82, 2.24) is 10.6 Å². The van der Waals surface area contributed by atoms with E-state index in [1.54, 1.807) is 18.2 Å². The number of nitrogens with one attached hydrogen (secondary N) is 2. The van der Waals surface area contributed by atoms with Crippen molar-refractivity contribution in [3.8, 4) is 0 Å². The lowest BCUT2D eigenvalue weighted by molar-refractivity contribution is -0.123. The van der Waals surface area contributed by atoms with E-state index in [1.807, 2.05) is 0 Å². The molecule has 1 aromatic carbocycles. The maximum atomic E-state index is 12.9. The van der Waals surface area contributed by atoms with Crippen LogP contribution in [0.25, 0.3) is 0 Å². The summed E-state index contributed by atoms with van der Waals surface area (Å²) < 4.78 is 49.8. The fourth-order valence-electron chi connectivity index (χ4n) is 2.08. The van der Waals surface area contributed by atoms with Crippen LogP contribution >= 0.6 is 0 Å². The van der Waals surface area contributed by atoms with Crippen molar-refractivity contribution in [1.29, 1.82) is 0 Å². The van der Waals surface area contributed by atoms with Gasteiger partial charge in [0.15, 0.2) is 9.84 Å². The molecule has 1 atom stereocenters. The highest BCUT2D eigenvalue weighted by Crippen LogP contribution is 2.24. The van der Waals surface area contributed by atoms with Gasteiger partial charge < -0.3 is 5.32 Å².